The predicted octanol–water partition coefficient (Wildman–Crippen LogP) is 3.76. The van der Waals surface area contributed by atoms with Gasteiger partial charge in [0.25, 0.3) is 0 Å². The van der Waals surface area contributed by atoms with E-state index in [1.54, 1.807) is 0 Å². The van der Waals surface area contributed by atoms with Gasteiger partial charge in [0.15, 0.2) is 4.34 Å². The zero-order valence-electron chi connectivity index (χ0n) is 14.6. The summed E-state index contributed by atoms with van der Waals surface area (Å²) in [7, 11) is 0. The number of anilines is 2. The molecule has 0 aliphatic carbocycles. The number of aryl methyl sites for hydroxylation is 1. The summed E-state index contributed by atoms with van der Waals surface area (Å²) in [4.78, 5) is 24.1. The van der Waals surface area contributed by atoms with Crippen molar-refractivity contribution in [1.82, 2.24) is 10.2 Å². The van der Waals surface area contributed by atoms with Crippen molar-refractivity contribution in [3.05, 3.63) is 65.7 Å². The molecule has 3 aromatic rings. The predicted molar refractivity (Wildman–Crippen MR) is 109 cm³/mol. The first-order valence-electron chi connectivity index (χ1n) is 8.25. The molecule has 0 spiro atoms. The van der Waals surface area contributed by atoms with E-state index < -0.39 is 0 Å². The Morgan fingerprint density at radius 1 is 0.963 bits per heavy atom. The van der Waals surface area contributed by atoms with Crippen LogP contribution in [-0.2, 0) is 16.0 Å². The molecule has 1 heterocycles. The number of hydrogen-bond donors (Lipinski definition) is 2. The first-order chi connectivity index (χ1) is 13.1. The average molecular weight is 399 g/mol. The minimum absolute atomic E-state index is 0.117. The highest BCUT2D eigenvalue weighted by molar-refractivity contribution is 8.01. The number of rotatable bonds is 7. The van der Waals surface area contributed by atoms with Crippen LogP contribution in [0.2, 0.25) is 0 Å². The Balaban J connectivity index is 1.45. The largest absolute Gasteiger partial charge is 0.325 e. The molecule has 0 bridgehead atoms. The lowest BCUT2D eigenvalue weighted by Gasteiger charge is -2.04. The quantitative estimate of drug-likeness (QED) is 0.468. The fourth-order valence-corrected chi connectivity index (χ4v) is 3.79. The molecule has 6 nitrogen and oxygen atoms in total. The number of aromatic nitrogens is 2. The van der Waals surface area contributed by atoms with Crippen LogP contribution in [0.1, 0.15) is 11.1 Å². The van der Waals surface area contributed by atoms with Gasteiger partial charge in [0.2, 0.25) is 16.9 Å². The fraction of sp³-hybridized carbons (Fsp3) is 0.158. The summed E-state index contributed by atoms with van der Waals surface area (Å²) >= 11 is 2.54. The number of hydrogen-bond acceptors (Lipinski definition) is 6. The van der Waals surface area contributed by atoms with E-state index in [1.807, 2.05) is 61.5 Å². The number of thioether (sulfide) groups is 1. The van der Waals surface area contributed by atoms with Crippen molar-refractivity contribution >= 4 is 45.7 Å². The third-order valence-electron chi connectivity index (χ3n) is 3.52. The van der Waals surface area contributed by atoms with Gasteiger partial charge in [0.05, 0.1) is 12.2 Å². The summed E-state index contributed by atoms with van der Waals surface area (Å²) in [6, 6.07) is 17.1. The Labute approximate surface area is 165 Å². The Kier molecular flexibility index (Phi) is 6.56. The van der Waals surface area contributed by atoms with Crippen LogP contribution in [0.4, 0.5) is 10.8 Å². The van der Waals surface area contributed by atoms with E-state index in [0.717, 1.165) is 16.8 Å². The number of carbonyl (C=O) groups is 2. The van der Waals surface area contributed by atoms with Crippen molar-refractivity contribution in [2.45, 2.75) is 17.7 Å². The van der Waals surface area contributed by atoms with Crippen molar-refractivity contribution < 1.29 is 9.59 Å². The Hall–Kier alpha value is -2.71. The molecule has 0 saturated carbocycles. The molecular weight excluding hydrogens is 380 g/mol. The lowest BCUT2D eigenvalue weighted by molar-refractivity contribution is -0.115. The van der Waals surface area contributed by atoms with Gasteiger partial charge in [-0.3, -0.25) is 9.59 Å². The van der Waals surface area contributed by atoms with Gasteiger partial charge in [-0.05, 0) is 24.6 Å². The Morgan fingerprint density at radius 2 is 1.70 bits per heavy atom. The first-order valence-corrected chi connectivity index (χ1v) is 10.1. The smallest absolute Gasteiger partial charge is 0.234 e. The minimum Gasteiger partial charge on any atom is -0.325 e. The van der Waals surface area contributed by atoms with E-state index in [2.05, 4.69) is 20.8 Å². The number of nitrogens with zero attached hydrogens (tertiary/aromatic N) is 2. The standard InChI is InChI=1S/C19H18N4O2S2/c1-13-7-9-15(10-8-13)20-17(25)12-26-19-23-22-18(27-19)21-16(24)11-14-5-3-2-4-6-14/h2-10H,11-12H2,1H3,(H,20,25)(H,21,22,24). The van der Waals surface area contributed by atoms with Gasteiger partial charge in [0, 0.05) is 5.69 Å². The molecule has 2 aromatic carbocycles. The average Bonchev–Trinajstić information content (AvgIpc) is 3.10. The molecule has 27 heavy (non-hydrogen) atoms. The second kappa shape index (κ2) is 9.29. The Morgan fingerprint density at radius 3 is 2.44 bits per heavy atom. The maximum Gasteiger partial charge on any atom is 0.234 e. The molecule has 2 N–H and O–H groups in total. The van der Waals surface area contributed by atoms with Crippen molar-refractivity contribution in [3.63, 3.8) is 0 Å². The second-order valence-corrected chi connectivity index (χ2v) is 7.99. The number of amides is 2. The molecule has 0 fully saturated rings. The molecule has 2 amide bonds. The van der Waals surface area contributed by atoms with Crippen LogP contribution in [0.5, 0.6) is 0 Å². The molecule has 1 aromatic heterocycles. The zero-order chi connectivity index (χ0) is 19.1. The van der Waals surface area contributed by atoms with Crippen LogP contribution < -0.4 is 10.6 Å². The van der Waals surface area contributed by atoms with Crippen molar-refractivity contribution in [2.75, 3.05) is 16.4 Å². The molecule has 0 saturated heterocycles. The molecule has 0 aliphatic heterocycles. The van der Waals surface area contributed by atoms with E-state index in [1.165, 1.54) is 23.1 Å². The molecule has 3 rings (SSSR count). The highest BCUT2D eigenvalue weighted by atomic mass is 32.2. The fourth-order valence-electron chi connectivity index (χ4n) is 2.22. The van der Waals surface area contributed by atoms with Crippen LogP contribution >= 0.6 is 23.1 Å². The van der Waals surface area contributed by atoms with Crippen molar-refractivity contribution in [2.24, 2.45) is 0 Å². The van der Waals surface area contributed by atoms with Crippen LogP contribution in [-0.4, -0.2) is 27.8 Å². The molecule has 0 aliphatic rings. The molecule has 0 unspecified atom stereocenters. The third-order valence-corrected chi connectivity index (χ3v) is 5.49. The van der Waals surface area contributed by atoms with Gasteiger partial charge >= 0.3 is 0 Å². The second-order valence-electron chi connectivity index (χ2n) is 5.79. The van der Waals surface area contributed by atoms with Crippen LogP contribution in [0.3, 0.4) is 0 Å². The number of benzene rings is 2. The highest BCUT2D eigenvalue weighted by Gasteiger charge is 2.11. The van der Waals surface area contributed by atoms with E-state index in [0.29, 0.717) is 9.47 Å². The van der Waals surface area contributed by atoms with Crippen LogP contribution in [0, 0.1) is 6.92 Å². The van der Waals surface area contributed by atoms with Gasteiger partial charge in [-0.15, -0.1) is 10.2 Å². The molecule has 0 radical (unpaired) electrons. The van der Waals surface area contributed by atoms with Crippen molar-refractivity contribution in [3.8, 4) is 0 Å². The van der Waals surface area contributed by atoms with Gasteiger partial charge in [0.1, 0.15) is 0 Å². The molecular formula is C19H18N4O2S2. The summed E-state index contributed by atoms with van der Waals surface area (Å²) in [6.07, 6.45) is 0.280. The Bertz CT molecular complexity index is 911. The molecule has 138 valence electrons. The lowest BCUT2D eigenvalue weighted by atomic mass is 10.1. The highest BCUT2D eigenvalue weighted by Crippen LogP contribution is 2.25. The summed E-state index contributed by atoms with van der Waals surface area (Å²) in [5, 5.41) is 14.0. The van der Waals surface area contributed by atoms with Gasteiger partial charge in [-0.25, -0.2) is 0 Å². The zero-order valence-corrected chi connectivity index (χ0v) is 16.3. The normalized spacial score (nSPS) is 10.4. The lowest BCUT2D eigenvalue weighted by Crippen LogP contribution is -2.14. The maximum atomic E-state index is 12.0. The monoisotopic (exact) mass is 398 g/mol. The van der Waals surface area contributed by atoms with E-state index in [9.17, 15) is 9.59 Å². The summed E-state index contributed by atoms with van der Waals surface area (Å²) in [5.74, 6) is -0.0414. The van der Waals surface area contributed by atoms with Gasteiger partial charge < -0.3 is 10.6 Å². The number of carbonyl (C=O) groups excluding carboxylic acids is 2. The van der Waals surface area contributed by atoms with Gasteiger partial charge in [-0.1, -0.05) is 71.1 Å². The first kappa shape index (κ1) is 19.1. The minimum atomic E-state index is -0.147. The van der Waals surface area contributed by atoms with E-state index in [4.69, 9.17) is 0 Å². The summed E-state index contributed by atoms with van der Waals surface area (Å²) in [6.45, 7) is 1.99. The summed E-state index contributed by atoms with van der Waals surface area (Å²) in [5.41, 5.74) is 2.83. The molecule has 8 heteroatoms. The topological polar surface area (TPSA) is 84.0 Å². The maximum absolute atomic E-state index is 12.0. The SMILES string of the molecule is Cc1ccc(NC(=O)CSc2nnc(NC(=O)Cc3ccccc3)s2)cc1. The third kappa shape index (κ3) is 6.19. The van der Waals surface area contributed by atoms with Crippen LogP contribution in [0.15, 0.2) is 58.9 Å². The molecule has 0 atom stereocenters. The van der Waals surface area contributed by atoms with E-state index in [-0.39, 0.29) is 24.0 Å². The number of nitrogens with one attached hydrogen (secondary N) is 2. The summed E-state index contributed by atoms with van der Waals surface area (Å²) < 4.78 is 0.629. The van der Waals surface area contributed by atoms with Crippen molar-refractivity contribution in [1.29, 1.82) is 0 Å². The van der Waals surface area contributed by atoms with E-state index >= 15 is 0 Å². The van der Waals surface area contributed by atoms with Crippen LogP contribution in [0.25, 0.3) is 0 Å². The van der Waals surface area contributed by atoms with Gasteiger partial charge in [-0.2, -0.15) is 0 Å².